The summed E-state index contributed by atoms with van der Waals surface area (Å²) in [5.74, 6) is 0. The topological polar surface area (TPSA) is 67.4 Å². The lowest BCUT2D eigenvalue weighted by atomic mass is 10.2. The maximum absolute atomic E-state index is 12.4. The van der Waals surface area contributed by atoms with Crippen molar-refractivity contribution < 1.29 is 13.2 Å². The Morgan fingerprint density at radius 1 is 1.43 bits per heavy atom. The second-order valence-corrected chi connectivity index (χ2v) is 7.71. The van der Waals surface area contributed by atoms with E-state index in [9.17, 15) is 8.42 Å². The lowest BCUT2D eigenvalue weighted by molar-refractivity contribution is 0.105. The molecule has 0 aromatic heterocycles. The van der Waals surface area contributed by atoms with Crippen LogP contribution in [-0.4, -0.2) is 34.7 Å². The Labute approximate surface area is 134 Å². The van der Waals surface area contributed by atoms with E-state index in [-0.39, 0.29) is 11.0 Å². The van der Waals surface area contributed by atoms with E-state index in [1.807, 2.05) is 13.1 Å². The molecule has 1 atom stereocenters. The van der Waals surface area contributed by atoms with E-state index in [2.05, 4.69) is 26.0 Å². The monoisotopic (exact) mass is 376 g/mol. The maximum Gasteiger partial charge on any atom is 0.241 e. The van der Waals surface area contributed by atoms with Crippen LogP contribution in [0.2, 0.25) is 0 Å². The van der Waals surface area contributed by atoms with Crippen LogP contribution in [0.1, 0.15) is 24.8 Å². The number of rotatable bonds is 7. The van der Waals surface area contributed by atoms with Crippen LogP contribution in [0.3, 0.4) is 0 Å². The molecule has 118 valence electrons. The normalized spacial score (nSPS) is 19.0. The fraction of sp³-hybridized carbons (Fsp3) is 0.571. The highest BCUT2D eigenvalue weighted by Crippen LogP contribution is 2.23. The third-order valence-corrected chi connectivity index (χ3v) is 5.90. The van der Waals surface area contributed by atoms with E-state index in [0.29, 0.717) is 24.0 Å². The van der Waals surface area contributed by atoms with Crippen LogP contribution in [0.15, 0.2) is 27.6 Å². The SMILES string of the molecule is CNCc1ccc(Br)c(S(=O)(=O)NCCC2CCCO2)c1. The lowest BCUT2D eigenvalue weighted by Gasteiger charge is -2.12. The lowest BCUT2D eigenvalue weighted by Crippen LogP contribution is -2.27. The first-order valence-electron chi connectivity index (χ1n) is 7.07. The quantitative estimate of drug-likeness (QED) is 0.763. The van der Waals surface area contributed by atoms with Crippen molar-refractivity contribution >= 4 is 26.0 Å². The van der Waals surface area contributed by atoms with Crippen LogP contribution in [0.25, 0.3) is 0 Å². The summed E-state index contributed by atoms with van der Waals surface area (Å²) in [5.41, 5.74) is 0.931. The summed E-state index contributed by atoms with van der Waals surface area (Å²) in [6, 6.07) is 5.35. The molecule has 0 bridgehead atoms. The van der Waals surface area contributed by atoms with Crippen molar-refractivity contribution in [3.05, 3.63) is 28.2 Å². The largest absolute Gasteiger partial charge is 0.378 e. The van der Waals surface area contributed by atoms with Crippen molar-refractivity contribution in [1.82, 2.24) is 10.0 Å². The number of nitrogens with one attached hydrogen (secondary N) is 2. The van der Waals surface area contributed by atoms with Crippen molar-refractivity contribution in [3.63, 3.8) is 0 Å². The predicted octanol–water partition coefficient (Wildman–Crippen LogP) is 2.02. The van der Waals surface area contributed by atoms with Crippen molar-refractivity contribution in [1.29, 1.82) is 0 Å². The van der Waals surface area contributed by atoms with Gasteiger partial charge in [0.15, 0.2) is 0 Å². The molecule has 21 heavy (non-hydrogen) atoms. The molecule has 0 spiro atoms. The fourth-order valence-corrected chi connectivity index (χ4v) is 4.43. The van der Waals surface area contributed by atoms with Crippen molar-refractivity contribution in [2.75, 3.05) is 20.2 Å². The minimum atomic E-state index is -3.50. The number of halogens is 1. The Balaban J connectivity index is 2.02. The predicted molar refractivity (Wildman–Crippen MR) is 85.7 cm³/mol. The molecule has 2 rings (SSSR count). The fourth-order valence-electron chi connectivity index (χ4n) is 2.37. The Bertz CT molecular complexity index is 572. The first-order chi connectivity index (χ1) is 10.0. The maximum atomic E-state index is 12.4. The number of hydrogen-bond acceptors (Lipinski definition) is 4. The molecule has 0 saturated carbocycles. The first-order valence-corrected chi connectivity index (χ1v) is 9.35. The summed E-state index contributed by atoms with van der Waals surface area (Å²) in [4.78, 5) is 0.280. The summed E-state index contributed by atoms with van der Waals surface area (Å²) >= 11 is 3.31. The summed E-state index contributed by atoms with van der Waals surface area (Å²) in [7, 11) is -1.67. The van der Waals surface area contributed by atoms with E-state index in [0.717, 1.165) is 25.0 Å². The van der Waals surface area contributed by atoms with E-state index in [1.165, 1.54) is 0 Å². The number of hydrogen-bond donors (Lipinski definition) is 2. The highest BCUT2D eigenvalue weighted by molar-refractivity contribution is 9.10. The van der Waals surface area contributed by atoms with Gasteiger partial charge in [0.25, 0.3) is 0 Å². The molecule has 7 heteroatoms. The molecule has 1 aromatic rings. The Morgan fingerprint density at radius 3 is 2.90 bits per heavy atom. The Hall–Kier alpha value is -0.470. The van der Waals surface area contributed by atoms with Gasteiger partial charge in [-0.15, -0.1) is 0 Å². The summed E-state index contributed by atoms with van der Waals surface area (Å²) in [6.07, 6.45) is 2.98. The van der Waals surface area contributed by atoms with Gasteiger partial charge in [0.2, 0.25) is 10.0 Å². The van der Waals surface area contributed by atoms with Crippen LogP contribution in [0, 0.1) is 0 Å². The van der Waals surface area contributed by atoms with Gasteiger partial charge in [-0.05, 0) is 59.9 Å². The minimum absolute atomic E-state index is 0.187. The Kier molecular flexibility index (Phi) is 6.19. The van der Waals surface area contributed by atoms with Crippen LogP contribution in [-0.2, 0) is 21.3 Å². The number of sulfonamides is 1. The third kappa shape index (κ3) is 4.75. The molecule has 1 saturated heterocycles. The van der Waals surface area contributed by atoms with E-state index in [1.54, 1.807) is 12.1 Å². The van der Waals surface area contributed by atoms with Crippen molar-refractivity contribution in [3.8, 4) is 0 Å². The molecule has 1 aliphatic heterocycles. The van der Waals surface area contributed by atoms with Crippen LogP contribution in [0.4, 0.5) is 0 Å². The van der Waals surface area contributed by atoms with Crippen molar-refractivity contribution in [2.24, 2.45) is 0 Å². The molecular weight excluding hydrogens is 356 g/mol. The van der Waals surface area contributed by atoms with Gasteiger partial charge < -0.3 is 10.1 Å². The van der Waals surface area contributed by atoms with Gasteiger partial charge in [-0.25, -0.2) is 13.1 Å². The molecule has 1 fully saturated rings. The average molecular weight is 377 g/mol. The Morgan fingerprint density at radius 2 is 2.24 bits per heavy atom. The van der Waals surface area contributed by atoms with E-state index < -0.39 is 10.0 Å². The molecule has 1 aromatic carbocycles. The smallest absolute Gasteiger partial charge is 0.241 e. The molecule has 5 nitrogen and oxygen atoms in total. The highest BCUT2D eigenvalue weighted by atomic mass is 79.9. The zero-order valence-electron chi connectivity index (χ0n) is 12.1. The zero-order chi connectivity index (χ0) is 15.3. The molecule has 0 amide bonds. The molecular formula is C14H21BrN2O3S. The van der Waals surface area contributed by atoms with Gasteiger partial charge in [-0.1, -0.05) is 6.07 Å². The summed E-state index contributed by atoms with van der Waals surface area (Å²) in [5, 5.41) is 3.02. The number of ether oxygens (including phenoxy) is 1. The standard InChI is InChI=1S/C14H21BrN2O3S/c1-16-10-11-4-5-13(15)14(9-11)21(18,19)17-7-6-12-3-2-8-20-12/h4-5,9,12,16-17H,2-3,6-8,10H2,1H3. The summed E-state index contributed by atoms with van der Waals surface area (Å²) < 4.78 is 33.5. The molecule has 1 heterocycles. The third-order valence-electron chi connectivity index (χ3n) is 3.45. The number of benzene rings is 1. The molecule has 0 radical (unpaired) electrons. The second-order valence-electron chi connectivity index (χ2n) is 5.12. The van der Waals surface area contributed by atoms with Crippen LogP contribution < -0.4 is 10.0 Å². The van der Waals surface area contributed by atoms with E-state index in [4.69, 9.17) is 4.74 Å². The minimum Gasteiger partial charge on any atom is -0.378 e. The van der Waals surface area contributed by atoms with Crippen molar-refractivity contribution in [2.45, 2.75) is 36.8 Å². The second kappa shape index (κ2) is 7.69. The first kappa shape index (κ1) is 16.9. The zero-order valence-corrected chi connectivity index (χ0v) is 14.5. The van der Waals surface area contributed by atoms with Crippen LogP contribution >= 0.6 is 15.9 Å². The van der Waals surface area contributed by atoms with Gasteiger partial charge in [0.1, 0.15) is 0 Å². The highest BCUT2D eigenvalue weighted by Gasteiger charge is 2.20. The molecule has 1 aliphatic rings. The average Bonchev–Trinajstić information content (AvgIpc) is 2.94. The van der Waals surface area contributed by atoms with Gasteiger partial charge in [0.05, 0.1) is 11.0 Å². The molecule has 1 unspecified atom stereocenters. The van der Waals surface area contributed by atoms with E-state index >= 15 is 0 Å². The van der Waals surface area contributed by atoms with Gasteiger partial charge in [-0.3, -0.25) is 0 Å². The van der Waals surface area contributed by atoms with Crippen LogP contribution in [0.5, 0.6) is 0 Å². The van der Waals surface area contributed by atoms with Gasteiger partial charge in [0, 0.05) is 24.2 Å². The molecule has 0 aliphatic carbocycles. The molecule has 2 N–H and O–H groups in total. The van der Waals surface area contributed by atoms with Gasteiger partial charge >= 0.3 is 0 Å². The van der Waals surface area contributed by atoms with Gasteiger partial charge in [-0.2, -0.15) is 0 Å². The summed E-state index contributed by atoms with van der Waals surface area (Å²) in [6.45, 7) is 1.82.